The molecule has 2 N–H and O–H groups in total. The molecule has 132 valence electrons. The van der Waals surface area contributed by atoms with Crippen LogP contribution in [-0.2, 0) is 9.53 Å². The Morgan fingerprint density at radius 1 is 1.26 bits per heavy atom. The summed E-state index contributed by atoms with van der Waals surface area (Å²) in [4.78, 5) is 17.9. The van der Waals surface area contributed by atoms with Crippen molar-refractivity contribution in [2.45, 2.75) is 64.1 Å². The Morgan fingerprint density at radius 2 is 1.91 bits per heavy atom. The molecule has 2 atom stereocenters. The van der Waals surface area contributed by atoms with Crippen molar-refractivity contribution in [2.75, 3.05) is 27.7 Å². The molecular weight excluding hydrogens is 292 g/mol. The van der Waals surface area contributed by atoms with Crippen molar-refractivity contribution in [3.8, 4) is 0 Å². The van der Waals surface area contributed by atoms with Crippen molar-refractivity contribution < 1.29 is 9.53 Å². The van der Waals surface area contributed by atoms with Crippen LogP contribution in [0.5, 0.6) is 0 Å². The maximum absolute atomic E-state index is 11.8. The predicted octanol–water partition coefficient (Wildman–Crippen LogP) is 1.37. The van der Waals surface area contributed by atoms with Crippen LogP contribution in [0.15, 0.2) is 4.99 Å². The summed E-state index contributed by atoms with van der Waals surface area (Å²) in [5, 5.41) is 7.02. The first-order chi connectivity index (χ1) is 10.8. The van der Waals surface area contributed by atoms with Gasteiger partial charge in [-0.1, -0.05) is 26.7 Å². The standard InChI is InChI=1S/C17H32N4O2/c1-17(2)13(10-14(17)23-5)20-16(18-11-15(22)21(3)4)19-12-8-6-7-9-12/h12-14H,6-11H2,1-5H3,(H2,18,19,20). The van der Waals surface area contributed by atoms with Crippen LogP contribution in [0, 0.1) is 5.41 Å². The number of nitrogens with one attached hydrogen (secondary N) is 2. The molecule has 1 amide bonds. The number of amides is 1. The lowest BCUT2D eigenvalue weighted by atomic mass is 9.64. The molecule has 0 heterocycles. The van der Waals surface area contributed by atoms with E-state index in [0.717, 1.165) is 12.4 Å². The molecule has 2 aliphatic carbocycles. The number of nitrogens with zero attached hydrogens (tertiary/aromatic N) is 2. The molecule has 6 heteroatoms. The molecule has 2 fully saturated rings. The van der Waals surface area contributed by atoms with Crippen molar-refractivity contribution in [2.24, 2.45) is 10.4 Å². The Morgan fingerprint density at radius 3 is 2.43 bits per heavy atom. The lowest BCUT2D eigenvalue weighted by Gasteiger charge is -2.51. The lowest BCUT2D eigenvalue weighted by molar-refractivity contribution is -0.127. The van der Waals surface area contributed by atoms with Crippen LogP contribution in [-0.4, -0.2) is 62.7 Å². The second-order valence-electron chi connectivity index (χ2n) is 7.56. The van der Waals surface area contributed by atoms with Crippen molar-refractivity contribution >= 4 is 11.9 Å². The highest BCUT2D eigenvalue weighted by Gasteiger charge is 2.49. The van der Waals surface area contributed by atoms with E-state index in [1.807, 2.05) is 0 Å². The molecule has 2 aliphatic rings. The normalized spacial score (nSPS) is 27.4. The molecule has 0 bridgehead atoms. The van der Waals surface area contributed by atoms with E-state index in [0.29, 0.717) is 12.1 Å². The zero-order valence-electron chi connectivity index (χ0n) is 15.2. The van der Waals surface area contributed by atoms with Gasteiger partial charge in [-0.2, -0.15) is 0 Å². The summed E-state index contributed by atoms with van der Waals surface area (Å²) in [6.07, 6.45) is 6.13. The molecule has 2 unspecified atom stereocenters. The van der Waals surface area contributed by atoms with Gasteiger partial charge in [0.25, 0.3) is 0 Å². The fraction of sp³-hybridized carbons (Fsp3) is 0.882. The maximum atomic E-state index is 11.8. The van der Waals surface area contributed by atoms with Gasteiger partial charge in [-0.15, -0.1) is 0 Å². The van der Waals surface area contributed by atoms with Gasteiger partial charge >= 0.3 is 0 Å². The fourth-order valence-electron chi connectivity index (χ4n) is 3.38. The van der Waals surface area contributed by atoms with Crippen molar-refractivity contribution in [1.29, 1.82) is 0 Å². The zero-order chi connectivity index (χ0) is 17.0. The molecule has 0 aliphatic heterocycles. The first kappa shape index (κ1) is 18.0. The van der Waals surface area contributed by atoms with Gasteiger partial charge in [-0.25, -0.2) is 4.99 Å². The van der Waals surface area contributed by atoms with E-state index >= 15 is 0 Å². The molecule has 0 aromatic carbocycles. The van der Waals surface area contributed by atoms with Gasteiger partial charge in [0.1, 0.15) is 6.54 Å². The summed E-state index contributed by atoms with van der Waals surface area (Å²) >= 11 is 0. The third kappa shape index (κ3) is 4.37. The van der Waals surface area contributed by atoms with E-state index < -0.39 is 0 Å². The summed E-state index contributed by atoms with van der Waals surface area (Å²) in [5.74, 6) is 0.778. The van der Waals surface area contributed by atoms with E-state index in [9.17, 15) is 4.79 Å². The summed E-state index contributed by atoms with van der Waals surface area (Å²) in [7, 11) is 5.28. The van der Waals surface area contributed by atoms with E-state index in [1.165, 1.54) is 25.7 Å². The van der Waals surface area contributed by atoms with Gasteiger partial charge in [0.2, 0.25) is 5.91 Å². The molecule has 0 radical (unpaired) electrons. The summed E-state index contributed by atoms with van der Waals surface area (Å²) in [6.45, 7) is 4.59. The van der Waals surface area contributed by atoms with Gasteiger partial charge in [0, 0.05) is 38.7 Å². The number of aliphatic imine (C=N–C) groups is 1. The van der Waals surface area contributed by atoms with Crippen molar-refractivity contribution in [3.63, 3.8) is 0 Å². The van der Waals surface area contributed by atoms with E-state index in [2.05, 4.69) is 29.5 Å². The molecule has 6 nitrogen and oxygen atoms in total. The highest BCUT2D eigenvalue weighted by molar-refractivity contribution is 5.85. The molecule has 0 aromatic rings. The molecule has 2 saturated carbocycles. The minimum Gasteiger partial charge on any atom is -0.381 e. The van der Waals surface area contributed by atoms with Gasteiger partial charge in [0.15, 0.2) is 5.96 Å². The number of likely N-dealkylation sites (N-methyl/N-ethyl adjacent to an activating group) is 1. The minimum absolute atomic E-state index is 0.0140. The molecular formula is C17H32N4O2. The topological polar surface area (TPSA) is 66.0 Å². The summed E-state index contributed by atoms with van der Waals surface area (Å²) in [6, 6.07) is 0.784. The van der Waals surface area contributed by atoms with Crippen LogP contribution in [0.25, 0.3) is 0 Å². The molecule has 0 spiro atoms. The Bertz CT molecular complexity index is 442. The van der Waals surface area contributed by atoms with Crippen LogP contribution in [0.3, 0.4) is 0 Å². The first-order valence-corrected chi connectivity index (χ1v) is 8.65. The van der Waals surface area contributed by atoms with Gasteiger partial charge in [0.05, 0.1) is 6.10 Å². The third-order valence-electron chi connectivity index (χ3n) is 5.34. The second kappa shape index (κ2) is 7.51. The van der Waals surface area contributed by atoms with Crippen LogP contribution in [0.4, 0.5) is 0 Å². The van der Waals surface area contributed by atoms with Crippen LogP contribution < -0.4 is 10.6 Å². The Balaban J connectivity index is 1.98. The fourth-order valence-corrected chi connectivity index (χ4v) is 3.38. The molecule has 0 aromatic heterocycles. The molecule has 23 heavy (non-hydrogen) atoms. The first-order valence-electron chi connectivity index (χ1n) is 8.65. The smallest absolute Gasteiger partial charge is 0.243 e. The Labute approximate surface area is 140 Å². The number of carbonyl (C=O) groups excluding carboxylic acids is 1. The minimum atomic E-state index is 0.0140. The van der Waals surface area contributed by atoms with E-state index in [-0.39, 0.29) is 24.0 Å². The highest BCUT2D eigenvalue weighted by atomic mass is 16.5. The molecule has 2 rings (SSSR count). The largest absolute Gasteiger partial charge is 0.381 e. The summed E-state index contributed by atoms with van der Waals surface area (Å²) < 4.78 is 5.52. The third-order valence-corrected chi connectivity index (χ3v) is 5.34. The van der Waals surface area contributed by atoms with Crippen LogP contribution >= 0.6 is 0 Å². The Kier molecular flexibility index (Phi) is 5.89. The number of carbonyl (C=O) groups is 1. The number of ether oxygens (including phenoxy) is 1. The monoisotopic (exact) mass is 324 g/mol. The maximum Gasteiger partial charge on any atom is 0.243 e. The number of rotatable bonds is 5. The van der Waals surface area contributed by atoms with Gasteiger partial charge in [-0.3, -0.25) is 4.79 Å². The Hall–Kier alpha value is -1.30. The average Bonchev–Trinajstić information content (AvgIpc) is 3.00. The predicted molar refractivity (Wildman–Crippen MR) is 92.5 cm³/mol. The number of hydrogen-bond donors (Lipinski definition) is 2. The van der Waals surface area contributed by atoms with Crippen molar-refractivity contribution in [1.82, 2.24) is 15.5 Å². The van der Waals surface area contributed by atoms with Crippen LogP contribution in [0.1, 0.15) is 46.0 Å². The van der Waals surface area contributed by atoms with Gasteiger partial charge in [-0.05, 0) is 19.3 Å². The SMILES string of the molecule is COC1CC(NC(=NCC(=O)N(C)C)NC2CCCC2)C1(C)C. The van der Waals surface area contributed by atoms with Crippen molar-refractivity contribution in [3.05, 3.63) is 0 Å². The average molecular weight is 324 g/mol. The number of guanidine groups is 1. The lowest BCUT2D eigenvalue weighted by Crippen LogP contribution is -2.63. The zero-order valence-corrected chi connectivity index (χ0v) is 15.2. The number of methoxy groups -OCH3 is 1. The quantitative estimate of drug-likeness (QED) is 0.592. The van der Waals surface area contributed by atoms with E-state index in [4.69, 9.17) is 4.74 Å². The van der Waals surface area contributed by atoms with Gasteiger partial charge < -0.3 is 20.3 Å². The molecule has 0 saturated heterocycles. The van der Waals surface area contributed by atoms with Crippen LogP contribution in [0.2, 0.25) is 0 Å². The second-order valence-corrected chi connectivity index (χ2v) is 7.56. The highest BCUT2D eigenvalue weighted by Crippen LogP contribution is 2.42. The number of hydrogen-bond acceptors (Lipinski definition) is 3. The van der Waals surface area contributed by atoms with E-state index in [1.54, 1.807) is 26.1 Å². The summed E-state index contributed by atoms with van der Waals surface area (Å²) in [5.41, 5.74) is 0.0679.